The molecule has 0 saturated carbocycles. The van der Waals surface area contributed by atoms with Crippen molar-refractivity contribution in [1.82, 2.24) is 0 Å². The van der Waals surface area contributed by atoms with E-state index < -0.39 is 9.04 Å². The van der Waals surface area contributed by atoms with E-state index >= 15 is 0 Å². The van der Waals surface area contributed by atoms with Crippen molar-refractivity contribution in [1.29, 1.82) is 0 Å². The van der Waals surface area contributed by atoms with E-state index in [1.54, 1.807) is 0 Å². The van der Waals surface area contributed by atoms with Crippen molar-refractivity contribution in [2.24, 2.45) is 0 Å². The maximum atomic E-state index is 5.53. The quantitative estimate of drug-likeness (QED) is 0.529. The molecule has 1 heterocycles. The third kappa shape index (κ3) is 2.33. The molecule has 0 aliphatic carbocycles. The minimum atomic E-state index is -0.869. The van der Waals surface area contributed by atoms with Crippen molar-refractivity contribution < 1.29 is 4.43 Å². The highest BCUT2D eigenvalue weighted by molar-refractivity contribution is 6.56. The summed E-state index contributed by atoms with van der Waals surface area (Å²) in [5.41, 5.74) is 0. The summed E-state index contributed by atoms with van der Waals surface area (Å²) < 4.78 is 5.53. The first-order valence-corrected chi connectivity index (χ1v) is 5.46. The highest BCUT2D eigenvalue weighted by Gasteiger charge is 2.13. The lowest BCUT2D eigenvalue weighted by atomic mass is 10.4. The lowest BCUT2D eigenvalue weighted by Crippen LogP contribution is -2.23. The molecule has 1 rings (SSSR count). The summed E-state index contributed by atoms with van der Waals surface area (Å²) in [6, 6.07) is 3.48. The molecular formula is C7H13OSi. The van der Waals surface area contributed by atoms with Gasteiger partial charge in [0.15, 0.2) is 9.04 Å². The van der Waals surface area contributed by atoms with Gasteiger partial charge in [-0.15, -0.1) is 6.58 Å². The average Bonchev–Trinajstić information content (AvgIpc) is 1.91. The summed E-state index contributed by atoms with van der Waals surface area (Å²) in [7, 11) is -0.869. The smallest absolute Gasteiger partial charge is 0.184 e. The van der Waals surface area contributed by atoms with Gasteiger partial charge in [-0.1, -0.05) is 12.5 Å². The number of hydrogen-bond acceptors (Lipinski definition) is 1. The number of rotatable bonds is 2. The zero-order valence-corrected chi connectivity index (χ0v) is 6.83. The number of allylic oxidation sites excluding steroid dienone is 1. The molecule has 1 nitrogen and oxygen atoms in total. The lowest BCUT2D eigenvalue weighted by molar-refractivity contribution is 0.292. The summed E-state index contributed by atoms with van der Waals surface area (Å²) in [4.78, 5) is 0. The molecule has 0 aromatic heterocycles. The molecule has 1 saturated heterocycles. The summed E-state index contributed by atoms with van der Waals surface area (Å²) in [5.74, 6) is 0. The van der Waals surface area contributed by atoms with E-state index in [9.17, 15) is 0 Å². The molecule has 0 amide bonds. The minimum Gasteiger partial charge on any atom is -0.419 e. The maximum absolute atomic E-state index is 5.53. The highest BCUT2D eigenvalue weighted by atomic mass is 28.3. The molecule has 0 spiro atoms. The van der Waals surface area contributed by atoms with Gasteiger partial charge in [0, 0.05) is 6.61 Å². The standard InChI is InChI=1S/C7H13OSi/c1-2-6-9-7-4-3-5-8-9/h2,6,9H,1,3-5,7H2. The molecule has 1 aliphatic rings. The van der Waals surface area contributed by atoms with Gasteiger partial charge in [-0.05, 0) is 18.5 Å². The Morgan fingerprint density at radius 1 is 1.44 bits per heavy atom. The molecular weight excluding hydrogens is 128 g/mol. The van der Waals surface area contributed by atoms with E-state index in [0.717, 1.165) is 6.61 Å². The average molecular weight is 141 g/mol. The molecule has 0 N–H and O–H groups in total. The van der Waals surface area contributed by atoms with Crippen molar-refractivity contribution in [2.75, 3.05) is 6.61 Å². The van der Waals surface area contributed by atoms with E-state index in [0.29, 0.717) is 0 Å². The van der Waals surface area contributed by atoms with Crippen LogP contribution >= 0.6 is 0 Å². The molecule has 1 fully saturated rings. The van der Waals surface area contributed by atoms with Crippen LogP contribution in [0.25, 0.3) is 0 Å². The van der Waals surface area contributed by atoms with E-state index in [1.807, 2.05) is 6.08 Å². The molecule has 1 aliphatic heterocycles. The third-order valence-electron chi connectivity index (χ3n) is 1.57. The van der Waals surface area contributed by atoms with E-state index in [1.165, 1.54) is 18.9 Å². The van der Waals surface area contributed by atoms with Gasteiger partial charge in [0.25, 0.3) is 0 Å². The number of hydrogen-bond donors (Lipinski definition) is 0. The first kappa shape index (κ1) is 7.03. The van der Waals surface area contributed by atoms with Gasteiger partial charge in [0.05, 0.1) is 0 Å². The van der Waals surface area contributed by atoms with Crippen LogP contribution in [0.5, 0.6) is 0 Å². The second-order valence-corrected chi connectivity index (χ2v) is 4.71. The summed E-state index contributed by atoms with van der Waals surface area (Å²) in [6.07, 6.45) is 4.50. The van der Waals surface area contributed by atoms with Crippen LogP contribution in [0.4, 0.5) is 0 Å². The first-order chi connectivity index (χ1) is 4.43. The van der Waals surface area contributed by atoms with Crippen LogP contribution in [0.2, 0.25) is 6.04 Å². The maximum Gasteiger partial charge on any atom is 0.184 e. The Kier molecular flexibility index (Phi) is 3.01. The van der Waals surface area contributed by atoms with Gasteiger partial charge in [0.1, 0.15) is 0 Å². The molecule has 0 aromatic rings. The van der Waals surface area contributed by atoms with E-state index in [2.05, 4.69) is 12.6 Å². The monoisotopic (exact) mass is 141 g/mol. The second-order valence-electron chi connectivity index (χ2n) is 2.33. The molecule has 9 heavy (non-hydrogen) atoms. The normalized spacial score (nSPS) is 27.8. The largest absolute Gasteiger partial charge is 0.419 e. The Labute approximate surface area is 58.4 Å². The third-order valence-corrected chi connectivity index (χ3v) is 3.91. The van der Waals surface area contributed by atoms with Gasteiger partial charge < -0.3 is 4.43 Å². The predicted molar refractivity (Wildman–Crippen MR) is 41.6 cm³/mol. The van der Waals surface area contributed by atoms with Crippen molar-refractivity contribution in [3.8, 4) is 0 Å². The van der Waals surface area contributed by atoms with Crippen molar-refractivity contribution >= 4 is 9.04 Å². The Hall–Kier alpha value is -0.0831. The SMILES string of the molecule is C=C[CH][SiH]1CCCCO1. The summed E-state index contributed by atoms with van der Waals surface area (Å²) >= 11 is 0. The Bertz CT molecular complexity index is 86.9. The zero-order chi connectivity index (χ0) is 6.53. The van der Waals surface area contributed by atoms with Crippen molar-refractivity contribution in [3.05, 3.63) is 18.7 Å². The molecule has 1 radical (unpaired) electrons. The van der Waals surface area contributed by atoms with Crippen molar-refractivity contribution in [3.63, 3.8) is 0 Å². The second kappa shape index (κ2) is 3.85. The van der Waals surface area contributed by atoms with Crippen LogP contribution in [-0.4, -0.2) is 15.6 Å². The van der Waals surface area contributed by atoms with Crippen LogP contribution in [0, 0.1) is 6.04 Å². The highest BCUT2D eigenvalue weighted by Crippen LogP contribution is 2.12. The molecule has 1 unspecified atom stereocenters. The fourth-order valence-electron chi connectivity index (χ4n) is 1.07. The van der Waals surface area contributed by atoms with Crippen molar-refractivity contribution in [2.45, 2.75) is 18.9 Å². The zero-order valence-electron chi connectivity index (χ0n) is 5.68. The Balaban J connectivity index is 2.15. The van der Waals surface area contributed by atoms with Gasteiger partial charge in [-0.3, -0.25) is 0 Å². The molecule has 51 valence electrons. The van der Waals surface area contributed by atoms with Crippen LogP contribution in [0.3, 0.4) is 0 Å². The van der Waals surface area contributed by atoms with Crippen LogP contribution < -0.4 is 0 Å². The molecule has 2 heteroatoms. The molecule has 0 aromatic carbocycles. The van der Waals surface area contributed by atoms with Gasteiger partial charge in [0.2, 0.25) is 0 Å². The fourth-order valence-corrected chi connectivity index (χ4v) is 3.00. The Morgan fingerprint density at radius 3 is 2.89 bits per heavy atom. The van der Waals surface area contributed by atoms with Gasteiger partial charge in [-0.25, -0.2) is 0 Å². The van der Waals surface area contributed by atoms with Crippen LogP contribution in [0.1, 0.15) is 12.8 Å². The molecule has 1 atom stereocenters. The topological polar surface area (TPSA) is 9.23 Å². The first-order valence-electron chi connectivity index (χ1n) is 3.51. The lowest BCUT2D eigenvalue weighted by Gasteiger charge is -2.18. The van der Waals surface area contributed by atoms with E-state index in [4.69, 9.17) is 4.43 Å². The molecule has 0 bridgehead atoms. The fraction of sp³-hybridized carbons (Fsp3) is 0.571. The predicted octanol–water partition coefficient (Wildman–Crippen LogP) is 1.45. The minimum absolute atomic E-state index is 0.869. The summed E-state index contributed by atoms with van der Waals surface area (Å²) in [6.45, 7) is 4.64. The van der Waals surface area contributed by atoms with E-state index in [-0.39, 0.29) is 0 Å². The van der Waals surface area contributed by atoms with Crippen LogP contribution in [0.15, 0.2) is 12.7 Å². The Morgan fingerprint density at radius 2 is 2.33 bits per heavy atom. The van der Waals surface area contributed by atoms with Gasteiger partial charge in [-0.2, -0.15) is 0 Å². The van der Waals surface area contributed by atoms with Crippen LogP contribution in [-0.2, 0) is 4.43 Å². The van der Waals surface area contributed by atoms with Gasteiger partial charge >= 0.3 is 0 Å². The summed E-state index contributed by atoms with van der Waals surface area (Å²) in [5, 5.41) is 0.